The van der Waals surface area contributed by atoms with Gasteiger partial charge >= 0.3 is 11.7 Å². The molecular formula is C22H22ClN3O5. The number of hydrogen-bond donors (Lipinski definition) is 2. The molecule has 3 rings (SSSR count). The summed E-state index contributed by atoms with van der Waals surface area (Å²) in [6.45, 7) is 2.38. The van der Waals surface area contributed by atoms with Crippen LogP contribution < -0.4 is 16.3 Å². The van der Waals surface area contributed by atoms with Gasteiger partial charge in [0.15, 0.2) is 0 Å². The maximum absolute atomic E-state index is 12.4. The minimum absolute atomic E-state index is 0.0927. The molecular weight excluding hydrogens is 422 g/mol. The molecule has 0 unspecified atom stereocenters. The zero-order chi connectivity index (χ0) is 22.4. The number of amides is 2. The number of carbonyl (C=O) groups excluding carboxylic acids is 2. The topological polar surface area (TPSA) is 101 Å². The fraction of sp³-hybridized carbons (Fsp3) is 0.227. The molecule has 0 saturated heterocycles. The Bertz CT molecular complexity index is 1160. The van der Waals surface area contributed by atoms with Crippen LogP contribution in [0.4, 0.5) is 16.2 Å². The van der Waals surface area contributed by atoms with Crippen LogP contribution >= 0.6 is 11.6 Å². The van der Waals surface area contributed by atoms with Crippen molar-refractivity contribution in [3.05, 3.63) is 69.5 Å². The predicted molar refractivity (Wildman–Crippen MR) is 120 cm³/mol. The van der Waals surface area contributed by atoms with Crippen molar-refractivity contribution in [3.8, 4) is 0 Å². The van der Waals surface area contributed by atoms with E-state index in [0.717, 1.165) is 0 Å². The van der Waals surface area contributed by atoms with Crippen LogP contribution in [0.2, 0.25) is 5.02 Å². The summed E-state index contributed by atoms with van der Waals surface area (Å²) in [5.41, 5.74) is 1.48. The first-order valence-electron chi connectivity index (χ1n) is 9.59. The van der Waals surface area contributed by atoms with E-state index in [-0.39, 0.29) is 19.1 Å². The number of halogens is 1. The number of anilines is 2. The van der Waals surface area contributed by atoms with Gasteiger partial charge in [0, 0.05) is 29.8 Å². The highest BCUT2D eigenvalue weighted by atomic mass is 35.5. The second-order valence-electron chi connectivity index (χ2n) is 6.85. The predicted octanol–water partition coefficient (Wildman–Crippen LogP) is 4.09. The first kappa shape index (κ1) is 22.3. The molecule has 2 amide bonds. The lowest BCUT2D eigenvalue weighted by atomic mass is 10.1. The summed E-state index contributed by atoms with van der Waals surface area (Å²) in [4.78, 5) is 37.8. The third-order valence-electron chi connectivity index (χ3n) is 4.35. The van der Waals surface area contributed by atoms with Crippen LogP contribution in [0.15, 0.2) is 57.7 Å². The summed E-state index contributed by atoms with van der Waals surface area (Å²) in [7, 11) is 1.77. The van der Waals surface area contributed by atoms with Gasteiger partial charge in [0.05, 0.1) is 23.9 Å². The Morgan fingerprint density at radius 2 is 1.90 bits per heavy atom. The average Bonchev–Trinajstić information content (AvgIpc) is 2.69. The standard InChI is InChI=1S/C22H22ClN3O5/c1-3-30-22(29)24-15-8-9-16-14(10-21(28)31-19(16)11-15)12-26(2)13-20(27)25-18-7-5-4-6-17(18)23/h4-11H,3,12-13H2,1-2H3,(H,24,29)(H,25,27). The summed E-state index contributed by atoms with van der Waals surface area (Å²) < 4.78 is 10.1. The average molecular weight is 444 g/mol. The minimum Gasteiger partial charge on any atom is -0.450 e. The number of hydrogen-bond acceptors (Lipinski definition) is 6. The summed E-state index contributed by atoms with van der Waals surface area (Å²) in [6.07, 6.45) is -0.593. The second-order valence-corrected chi connectivity index (χ2v) is 7.25. The molecule has 0 aliphatic carbocycles. The van der Waals surface area contributed by atoms with E-state index in [0.29, 0.717) is 39.5 Å². The van der Waals surface area contributed by atoms with Crippen LogP contribution in [0.1, 0.15) is 12.5 Å². The van der Waals surface area contributed by atoms with E-state index in [1.165, 1.54) is 6.07 Å². The number of benzene rings is 2. The summed E-state index contributed by atoms with van der Waals surface area (Å²) in [5.74, 6) is -0.233. The summed E-state index contributed by atoms with van der Waals surface area (Å²) in [5, 5.41) is 6.49. The third-order valence-corrected chi connectivity index (χ3v) is 4.68. The van der Waals surface area contributed by atoms with Gasteiger partial charge in [-0.1, -0.05) is 23.7 Å². The Morgan fingerprint density at radius 1 is 1.13 bits per heavy atom. The normalized spacial score (nSPS) is 10.8. The third kappa shape index (κ3) is 6.07. The molecule has 0 saturated carbocycles. The van der Waals surface area contributed by atoms with E-state index in [1.807, 2.05) is 0 Å². The Balaban J connectivity index is 1.72. The van der Waals surface area contributed by atoms with Crippen LogP contribution in [0.3, 0.4) is 0 Å². The van der Waals surface area contributed by atoms with Crippen molar-refractivity contribution < 1.29 is 18.7 Å². The number of fused-ring (bicyclic) bond motifs is 1. The molecule has 2 aromatic carbocycles. The van der Waals surface area contributed by atoms with Crippen molar-refractivity contribution in [1.82, 2.24) is 4.90 Å². The summed E-state index contributed by atoms with van der Waals surface area (Å²) in [6, 6.07) is 13.4. The van der Waals surface area contributed by atoms with Crippen molar-refractivity contribution >= 4 is 45.9 Å². The quantitative estimate of drug-likeness (QED) is 0.533. The second kappa shape index (κ2) is 10.1. The molecule has 31 heavy (non-hydrogen) atoms. The highest BCUT2D eigenvalue weighted by molar-refractivity contribution is 6.33. The molecule has 0 bridgehead atoms. The van der Waals surface area contributed by atoms with E-state index >= 15 is 0 Å². The highest BCUT2D eigenvalue weighted by Gasteiger charge is 2.13. The van der Waals surface area contributed by atoms with Gasteiger partial charge in [0.25, 0.3) is 0 Å². The maximum Gasteiger partial charge on any atom is 0.411 e. The SMILES string of the molecule is CCOC(=O)Nc1ccc2c(CN(C)CC(=O)Nc3ccccc3Cl)cc(=O)oc2c1. The van der Waals surface area contributed by atoms with Crippen molar-refractivity contribution in [2.75, 3.05) is 30.8 Å². The molecule has 0 fully saturated rings. The van der Waals surface area contributed by atoms with Crippen LogP contribution in [0.5, 0.6) is 0 Å². The molecule has 0 aliphatic rings. The Kier molecular flexibility index (Phi) is 7.28. The fourth-order valence-electron chi connectivity index (χ4n) is 3.07. The van der Waals surface area contributed by atoms with Crippen LogP contribution in [0.25, 0.3) is 11.0 Å². The molecule has 0 aliphatic heterocycles. The van der Waals surface area contributed by atoms with E-state index in [1.54, 1.807) is 61.3 Å². The zero-order valence-electron chi connectivity index (χ0n) is 17.1. The number of nitrogens with zero attached hydrogens (tertiary/aromatic N) is 1. The van der Waals surface area contributed by atoms with Gasteiger partial charge in [-0.3, -0.25) is 15.0 Å². The lowest BCUT2D eigenvalue weighted by Crippen LogP contribution is -2.30. The molecule has 0 atom stereocenters. The Hall–Kier alpha value is -3.36. The van der Waals surface area contributed by atoms with Gasteiger partial charge in [0.2, 0.25) is 5.91 Å². The maximum atomic E-state index is 12.4. The molecule has 2 N–H and O–H groups in total. The molecule has 162 valence electrons. The number of ether oxygens (including phenoxy) is 1. The fourth-order valence-corrected chi connectivity index (χ4v) is 3.25. The number of para-hydroxylation sites is 1. The van der Waals surface area contributed by atoms with Crippen molar-refractivity contribution in [1.29, 1.82) is 0 Å². The highest BCUT2D eigenvalue weighted by Crippen LogP contribution is 2.23. The number of carbonyl (C=O) groups is 2. The molecule has 8 nitrogen and oxygen atoms in total. The van der Waals surface area contributed by atoms with Gasteiger partial charge in [-0.05, 0) is 43.8 Å². The van der Waals surface area contributed by atoms with Crippen LogP contribution in [-0.4, -0.2) is 37.1 Å². The lowest BCUT2D eigenvalue weighted by molar-refractivity contribution is -0.117. The minimum atomic E-state index is -0.593. The largest absolute Gasteiger partial charge is 0.450 e. The molecule has 0 spiro atoms. The van der Waals surface area contributed by atoms with E-state index in [2.05, 4.69) is 10.6 Å². The Labute approximate surface area is 183 Å². The molecule has 3 aromatic rings. The number of rotatable bonds is 7. The van der Waals surface area contributed by atoms with Crippen LogP contribution in [0, 0.1) is 0 Å². The summed E-state index contributed by atoms with van der Waals surface area (Å²) >= 11 is 6.07. The molecule has 0 radical (unpaired) electrons. The van der Waals surface area contributed by atoms with Crippen molar-refractivity contribution in [3.63, 3.8) is 0 Å². The first-order chi connectivity index (χ1) is 14.9. The molecule has 1 aromatic heterocycles. The van der Waals surface area contributed by atoms with Gasteiger partial charge in [-0.25, -0.2) is 9.59 Å². The van der Waals surface area contributed by atoms with E-state index in [4.69, 9.17) is 20.8 Å². The van der Waals surface area contributed by atoms with E-state index < -0.39 is 11.7 Å². The monoisotopic (exact) mass is 443 g/mol. The van der Waals surface area contributed by atoms with Gasteiger partial charge in [0.1, 0.15) is 5.58 Å². The van der Waals surface area contributed by atoms with Gasteiger partial charge in [-0.15, -0.1) is 0 Å². The van der Waals surface area contributed by atoms with Gasteiger partial charge < -0.3 is 14.5 Å². The van der Waals surface area contributed by atoms with Crippen molar-refractivity contribution in [2.45, 2.75) is 13.5 Å². The molecule has 1 heterocycles. The number of likely N-dealkylation sites (N-methyl/N-ethyl adjacent to an activating group) is 1. The zero-order valence-corrected chi connectivity index (χ0v) is 17.9. The molecule has 9 heteroatoms. The number of nitrogens with one attached hydrogen (secondary N) is 2. The van der Waals surface area contributed by atoms with Crippen molar-refractivity contribution in [2.24, 2.45) is 0 Å². The van der Waals surface area contributed by atoms with Crippen LogP contribution in [-0.2, 0) is 16.1 Å². The van der Waals surface area contributed by atoms with E-state index in [9.17, 15) is 14.4 Å². The first-order valence-corrected chi connectivity index (χ1v) is 9.97. The lowest BCUT2D eigenvalue weighted by Gasteiger charge is -2.17. The smallest absolute Gasteiger partial charge is 0.411 e. The van der Waals surface area contributed by atoms with Gasteiger partial charge in [-0.2, -0.15) is 0 Å². The Morgan fingerprint density at radius 3 is 2.65 bits per heavy atom.